The fraction of sp³-hybridized carbons (Fsp3) is 1.00. The Hall–Kier alpha value is -0.180. The second-order valence-corrected chi connectivity index (χ2v) is 5.06. The van der Waals surface area contributed by atoms with Gasteiger partial charge in [-0.25, -0.2) is 8.78 Å². The van der Waals surface area contributed by atoms with Crippen LogP contribution in [-0.4, -0.2) is 16.6 Å². The molecule has 0 aromatic heterocycles. The summed E-state index contributed by atoms with van der Waals surface area (Å²) in [4.78, 5) is 0. The SMILES string of the molecule is CC(C(C)(F)F)C1(O)C2CCCCC21. The molecule has 82 valence electrons. The number of fused-ring (bicyclic) bond motifs is 1. The number of alkyl halides is 2. The van der Waals surface area contributed by atoms with Gasteiger partial charge in [0.2, 0.25) is 0 Å². The summed E-state index contributed by atoms with van der Waals surface area (Å²) in [6.07, 6.45) is 4.04. The first kappa shape index (κ1) is 10.3. The summed E-state index contributed by atoms with van der Waals surface area (Å²) in [5, 5.41) is 10.2. The molecular formula is C11H18F2O. The van der Waals surface area contributed by atoms with Crippen LogP contribution in [0, 0.1) is 17.8 Å². The van der Waals surface area contributed by atoms with Gasteiger partial charge in [-0.3, -0.25) is 0 Å². The molecule has 0 amide bonds. The third-order valence-corrected chi connectivity index (χ3v) is 4.30. The van der Waals surface area contributed by atoms with E-state index in [0.29, 0.717) is 0 Å². The van der Waals surface area contributed by atoms with Crippen molar-refractivity contribution >= 4 is 0 Å². The Morgan fingerprint density at radius 1 is 1.29 bits per heavy atom. The van der Waals surface area contributed by atoms with Crippen molar-refractivity contribution in [2.75, 3.05) is 0 Å². The van der Waals surface area contributed by atoms with Gasteiger partial charge in [-0.05, 0) is 31.6 Å². The normalized spacial score (nSPS) is 44.4. The lowest BCUT2D eigenvalue weighted by molar-refractivity contribution is -0.101. The maximum Gasteiger partial charge on any atom is 0.250 e. The predicted molar refractivity (Wildman–Crippen MR) is 50.2 cm³/mol. The van der Waals surface area contributed by atoms with E-state index in [1.54, 1.807) is 0 Å². The van der Waals surface area contributed by atoms with Crippen molar-refractivity contribution in [1.82, 2.24) is 0 Å². The molecule has 2 aliphatic carbocycles. The van der Waals surface area contributed by atoms with E-state index in [9.17, 15) is 13.9 Å². The third-order valence-electron chi connectivity index (χ3n) is 4.30. The summed E-state index contributed by atoms with van der Waals surface area (Å²) < 4.78 is 26.3. The molecule has 2 saturated carbocycles. The van der Waals surface area contributed by atoms with E-state index in [-0.39, 0.29) is 11.8 Å². The Labute approximate surface area is 83.5 Å². The molecule has 2 fully saturated rings. The van der Waals surface area contributed by atoms with Crippen molar-refractivity contribution in [2.24, 2.45) is 17.8 Å². The first-order valence-corrected chi connectivity index (χ1v) is 5.48. The van der Waals surface area contributed by atoms with Gasteiger partial charge < -0.3 is 5.11 Å². The molecule has 0 aliphatic heterocycles. The Kier molecular flexibility index (Phi) is 2.15. The Morgan fingerprint density at radius 3 is 2.07 bits per heavy atom. The Balaban J connectivity index is 2.11. The fourth-order valence-corrected chi connectivity index (χ4v) is 3.19. The van der Waals surface area contributed by atoms with Crippen LogP contribution in [0.25, 0.3) is 0 Å². The molecule has 14 heavy (non-hydrogen) atoms. The molecule has 0 saturated heterocycles. The molecule has 2 aliphatic rings. The predicted octanol–water partition coefficient (Wildman–Crippen LogP) is 2.83. The zero-order chi connectivity index (χ0) is 10.6. The highest BCUT2D eigenvalue weighted by atomic mass is 19.3. The van der Waals surface area contributed by atoms with E-state index in [1.807, 2.05) is 0 Å². The van der Waals surface area contributed by atoms with Gasteiger partial charge in [0.25, 0.3) is 5.92 Å². The van der Waals surface area contributed by atoms with Gasteiger partial charge >= 0.3 is 0 Å². The molecular weight excluding hydrogens is 186 g/mol. The molecule has 3 unspecified atom stereocenters. The van der Waals surface area contributed by atoms with E-state index in [0.717, 1.165) is 32.6 Å². The zero-order valence-corrected chi connectivity index (χ0v) is 8.76. The maximum absolute atomic E-state index is 13.1. The molecule has 3 atom stereocenters. The first-order chi connectivity index (χ1) is 6.38. The highest BCUT2D eigenvalue weighted by Gasteiger charge is 2.69. The topological polar surface area (TPSA) is 20.2 Å². The number of rotatable bonds is 2. The maximum atomic E-state index is 13.1. The summed E-state index contributed by atoms with van der Waals surface area (Å²) in [5.41, 5.74) is -1.06. The van der Waals surface area contributed by atoms with Crippen LogP contribution in [0.2, 0.25) is 0 Å². The van der Waals surface area contributed by atoms with Gasteiger partial charge in [-0.1, -0.05) is 19.8 Å². The summed E-state index contributed by atoms with van der Waals surface area (Å²) >= 11 is 0. The second-order valence-electron chi connectivity index (χ2n) is 5.06. The van der Waals surface area contributed by atoms with Gasteiger partial charge in [-0.15, -0.1) is 0 Å². The highest BCUT2D eigenvalue weighted by Crippen LogP contribution is 2.64. The highest BCUT2D eigenvalue weighted by molar-refractivity contribution is 5.17. The molecule has 0 heterocycles. The van der Waals surface area contributed by atoms with E-state index in [1.165, 1.54) is 6.92 Å². The van der Waals surface area contributed by atoms with Crippen molar-refractivity contribution in [2.45, 2.75) is 51.1 Å². The lowest BCUT2D eigenvalue weighted by atomic mass is 9.93. The van der Waals surface area contributed by atoms with Crippen LogP contribution in [0.4, 0.5) is 8.78 Å². The minimum Gasteiger partial charge on any atom is -0.389 e. The quantitative estimate of drug-likeness (QED) is 0.733. The monoisotopic (exact) mass is 204 g/mol. The molecule has 0 aromatic carbocycles. The van der Waals surface area contributed by atoms with Gasteiger partial charge in [0.05, 0.1) is 5.60 Å². The number of aliphatic hydroxyl groups is 1. The molecule has 0 bridgehead atoms. The Morgan fingerprint density at radius 2 is 1.71 bits per heavy atom. The van der Waals surface area contributed by atoms with Crippen molar-refractivity contribution in [3.63, 3.8) is 0 Å². The largest absolute Gasteiger partial charge is 0.389 e. The van der Waals surface area contributed by atoms with E-state index < -0.39 is 17.4 Å². The second kappa shape index (κ2) is 2.91. The summed E-state index contributed by atoms with van der Waals surface area (Å²) in [6, 6.07) is 0. The van der Waals surface area contributed by atoms with Gasteiger partial charge in [0, 0.05) is 5.92 Å². The minimum absolute atomic E-state index is 0.150. The average molecular weight is 204 g/mol. The minimum atomic E-state index is -2.76. The molecule has 0 aromatic rings. The van der Waals surface area contributed by atoms with Gasteiger partial charge in [0.15, 0.2) is 0 Å². The van der Waals surface area contributed by atoms with E-state index in [2.05, 4.69) is 0 Å². The lowest BCUT2D eigenvalue weighted by Crippen LogP contribution is -2.36. The standard InChI is InChI=1S/C11H18F2O/c1-7(10(2,12)13)11(14)8-5-3-4-6-9(8)11/h7-9,14H,3-6H2,1-2H3. The van der Waals surface area contributed by atoms with Gasteiger partial charge in [0.1, 0.15) is 0 Å². The van der Waals surface area contributed by atoms with Crippen LogP contribution < -0.4 is 0 Å². The molecule has 2 rings (SSSR count). The zero-order valence-electron chi connectivity index (χ0n) is 8.76. The van der Waals surface area contributed by atoms with Crippen LogP contribution in [-0.2, 0) is 0 Å². The van der Waals surface area contributed by atoms with Crippen LogP contribution >= 0.6 is 0 Å². The van der Waals surface area contributed by atoms with E-state index >= 15 is 0 Å². The average Bonchev–Trinajstić information content (AvgIpc) is 2.72. The number of halogens is 2. The van der Waals surface area contributed by atoms with Crippen molar-refractivity contribution in [3.05, 3.63) is 0 Å². The molecule has 0 radical (unpaired) electrons. The molecule has 1 nitrogen and oxygen atoms in total. The van der Waals surface area contributed by atoms with Crippen LogP contribution in [0.1, 0.15) is 39.5 Å². The van der Waals surface area contributed by atoms with Crippen LogP contribution in [0.5, 0.6) is 0 Å². The van der Waals surface area contributed by atoms with Crippen LogP contribution in [0.15, 0.2) is 0 Å². The van der Waals surface area contributed by atoms with Crippen molar-refractivity contribution < 1.29 is 13.9 Å². The smallest absolute Gasteiger partial charge is 0.250 e. The van der Waals surface area contributed by atoms with Crippen LogP contribution in [0.3, 0.4) is 0 Å². The molecule has 0 spiro atoms. The van der Waals surface area contributed by atoms with Crippen molar-refractivity contribution in [3.8, 4) is 0 Å². The lowest BCUT2D eigenvalue weighted by Gasteiger charge is -2.26. The third kappa shape index (κ3) is 1.28. The van der Waals surface area contributed by atoms with Crippen molar-refractivity contribution in [1.29, 1.82) is 0 Å². The summed E-state index contributed by atoms with van der Waals surface area (Å²) in [7, 11) is 0. The molecule has 1 N–H and O–H groups in total. The number of hydrogen-bond acceptors (Lipinski definition) is 1. The Bertz CT molecular complexity index is 222. The summed E-state index contributed by atoms with van der Waals surface area (Å²) in [5.74, 6) is -3.36. The summed E-state index contributed by atoms with van der Waals surface area (Å²) in [6.45, 7) is 2.40. The first-order valence-electron chi connectivity index (χ1n) is 5.48. The molecule has 3 heteroatoms. The fourth-order valence-electron chi connectivity index (χ4n) is 3.19. The van der Waals surface area contributed by atoms with Gasteiger partial charge in [-0.2, -0.15) is 0 Å². The number of hydrogen-bond donors (Lipinski definition) is 1. The van der Waals surface area contributed by atoms with E-state index in [4.69, 9.17) is 0 Å².